The van der Waals surface area contributed by atoms with E-state index in [2.05, 4.69) is 15.5 Å². The van der Waals surface area contributed by atoms with Crippen molar-refractivity contribution in [1.82, 2.24) is 4.98 Å². The molecule has 0 radical (unpaired) electrons. The van der Waals surface area contributed by atoms with Crippen LogP contribution in [0.4, 0.5) is 5.13 Å². The molecule has 0 aliphatic carbocycles. The zero-order valence-electron chi connectivity index (χ0n) is 12.3. The molecule has 7 heteroatoms. The highest BCUT2D eigenvalue weighted by Gasteiger charge is 2.11. The molecule has 1 N–H and O–H groups in total. The summed E-state index contributed by atoms with van der Waals surface area (Å²) >= 11 is 1.35. The third kappa shape index (κ3) is 2.84. The molecule has 0 saturated carbocycles. The molecule has 4 aromatic rings. The zero-order valence-corrected chi connectivity index (χ0v) is 13.1. The maximum atomic E-state index is 12.1. The molecule has 1 aromatic carbocycles. The first-order chi connectivity index (χ1) is 11.8. The molecule has 24 heavy (non-hydrogen) atoms. The topological polar surface area (TPSA) is 80.6 Å². The van der Waals surface area contributed by atoms with E-state index in [0.29, 0.717) is 27.7 Å². The van der Waals surface area contributed by atoms with Crippen LogP contribution in [-0.4, -0.2) is 11.2 Å². The number of fused-ring (bicyclic) bond motifs is 1. The second-order valence-electron chi connectivity index (χ2n) is 4.91. The fourth-order valence-electron chi connectivity index (χ4n) is 2.21. The Morgan fingerprint density at radius 1 is 1.21 bits per heavy atom. The first-order valence-electron chi connectivity index (χ1n) is 7.11. The summed E-state index contributed by atoms with van der Waals surface area (Å²) in [5.74, 6) is 0.634. The molecule has 0 fully saturated rings. The van der Waals surface area contributed by atoms with Gasteiger partial charge in [0, 0.05) is 10.8 Å². The lowest BCUT2D eigenvalue weighted by Crippen LogP contribution is -2.02. The summed E-state index contributed by atoms with van der Waals surface area (Å²) in [5.41, 5.74) is 3.93. The van der Waals surface area contributed by atoms with Crippen molar-refractivity contribution in [2.24, 2.45) is 5.10 Å². The highest BCUT2D eigenvalue weighted by molar-refractivity contribution is 7.14. The predicted octanol–water partition coefficient (Wildman–Crippen LogP) is 3.96. The van der Waals surface area contributed by atoms with Gasteiger partial charge in [-0.2, -0.15) is 5.10 Å². The van der Waals surface area contributed by atoms with Gasteiger partial charge in [0.25, 0.3) is 0 Å². The average Bonchev–Trinajstić information content (AvgIpc) is 3.26. The van der Waals surface area contributed by atoms with Crippen LogP contribution in [0.25, 0.3) is 22.2 Å². The third-order valence-electron chi connectivity index (χ3n) is 3.32. The van der Waals surface area contributed by atoms with Gasteiger partial charge in [-0.05, 0) is 24.3 Å². The molecule has 0 saturated heterocycles. The van der Waals surface area contributed by atoms with Crippen LogP contribution in [-0.2, 0) is 0 Å². The van der Waals surface area contributed by atoms with Crippen molar-refractivity contribution >= 4 is 33.7 Å². The number of furan rings is 1. The van der Waals surface area contributed by atoms with E-state index in [-0.39, 0.29) is 0 Å². The van der Waals surface area contributed by atoms with Crippen molar-refractivity contribution in [2.75, 3.05) is 5.43 Å². The highest BCUT2D eigenvalue weighted by Crippen LogP contribution is 2.25. The van der Waals surface area contributed by atoms with E-state index < -0.39 is 5.63 Å². The van der Waals surface area contributed by atoms with Crippen LogP contribution < -0.4 is 11.1 Å². The van der Waals surface area contributed by atoms with Gasteiger partial charge in [0.2, 0.25) is 5.13 Å². The molecule has 6 nitrogen and oxygen atoms in total. The van der Waals surface area contributed by atoms with Crippen LogP contribution in [0.2, 0.25) is 0 Å². The summed E-state index contributed by atoms with van der Waals surface area (Å²) in [5, 5.41) is 7.25. The average molecular weight is 337 g/mol. The first-order valence-corrected chi connectivity index (χ1v) is 7.99. The number of nitrogens with one attached hydrogen (secondary N) is 1. The maximum Gasteiger partial charge on any atom is 0.345 e. The summed E-state index contributed by atoms with van der Waals surface area (Å²) in [6.45, 7) is 0. The van der Waals surface area contributed by atoms with Crippen LogP contribution in [0, 0.1) is 0 Å². The van der Waals surface area contributed by atoms with Gasteiger partial charge in [0.15, 0.2) is 0 Å². The summed E-state index contributed by atoms with van der Waals surface area (Å²) < 4.78 is 10.5. The molecule has 0 unspecified atom stereocenters. The lowest BCUT2D eigenvalue weighted by Gasteiger charge is -1.99. The molecule has 0 spiro atoms. The first kappa shape index (κ1) is 14.4. The van der Waals surface area contributed by atoms with Crippen LogP contribution >= 0.6 is 11.3 Å². The Morgan fingerprint density at radius 3 is 3.00 bits per heavy atom. The molecular weight excluding hydrogens is 326 g/mol. The number of aromatic nitrogens is 1. The number of para-hydroxylation sites is 1. The van der Waals surface area contributed by atoms with E-state index in [9.17, 15) is 4.79 Å². The second kappa shape index (κ2) is 6.13. The lowest BCUT2D eigenvalue weighted by molar-refractivity contribution is 0.560. The molecule has 0 bridgehead atoms. The van der Waals surface area contributed by atoms with Crippen molar-refractivity contribution in [3.63, 3.8) is 0 Å². The molecule has 3 aromatic heterocycles. The molecule has 4 rings (SSSR count). The van der Waals surface area contributed by atoms with Crippen molar-refractivity contribution in [2.45, 2.75) is 0 Å². The van der Waals surface area contributed by atoms with Crippen molar-refractivity contribution in [3.05, 3.63) is 70.3 Å². The van der Waals surface area contributed by atoms with Gasteiger partial charge < -0.3 is 8.83 Å². The third-order valence-corrected chi connectivity index (χ3v) is 4.06. The standard InChI is InChI=1S/C17H11N3O3S/c21-16-13(8-11-4-1-2-6-15(11)23-16)14-10-24-17(19-14)20-18-9-12-5-3-7-22-12/h1-10H,(H,19,20). The Hall–Kier alpha value is -3.19. The minimum absolute atomic E-state index is 0.412. The van der Waals surface area contributed by atoms with Crippen LogP contribution in [0.15, 0.2) is 72.8 Å². The Kier molecular flexibility index (Phi) is 3.68. The molecule has 0 aliphatic rings. The lowest BCUT2D eigenvalue weighted by atomic mass is 10.1. The van der Waals surface area contributed by atoms with Gasteiger partial charge in [-0.3, -0.25) is 5.43 Å². The van der Waals surface area contributed by atoms with Gasteiger partial charge in [-0.1, -0.05) is 18.2 Å². The quantitative estimate of drug-likeness (QED) is 0.346. The Morgan fingerprint density at radius 2 is 2.12 bits per heavy atom. The number of hydrogen-bond donors (Lipinski definition) is 1. The van der Waals surface area contributed by atoms with E-state index >= 15 is 0 Å². The largest absolute Gasteiger partial charge is 0.463 e. The monoisotopic (exact) mass is 337 g/mol. The number of anilines is 1. The number of nitrogens with zero attached hydrogens (tertiary/aromatic N) is 2. The van der Waals surface area contributed by atoms with Gasteiger partial charge >= 0.3 is 5.63 Å². The van der Waals surface area contributed by atoms with E-state index in [0.717, 1.165) is 5.39 Å². The molecule has 3 heterocycles. The van der Waals surface area contributed by atoms with Crippen molar-refractivity contribution in [1.29, 1.82) is 0 Å². The minimum Gasteiger partial charge on any atom is -0.463 e. The van der Waals surface area contributed by atoms with E-state index in [1.54, 1.807) is 42.1 Å². The molecule has 0 atom stereocenters. The molecular formula is C17H11N3O3S. The van der Waals surface area contributed by atoms with E-state index in [4.69, 9.17) is 8.83 Å². The minimum atomic E-state index is -0.412. The second-order valence-corrected chi connectivity index (χ2v) is 5.77. The fourth-order valence-corrected chi connectivity index (χ4v) is 2.86. The van der Waals surface area contributed by atoms with E-state index in [1.165, 1.54) is 11.3 Å². The van der Waals surface area contributed by atoms with Gasteiger partial charge in [0.1, 0.15) is 11.3 Å². The van der Waals surface area contributed by atoms with Crippen molar-refractivity contribution in [3.8, 4) is 11.3 Å². The highest BCUT2D eigenvalue weighted by atomic mass is 32.1. The van der Waals surface area contributed by atoms with Crippen LogP contribution in [0.5, 0.6) is 0 Å². The number of thiazole rings is 1. The fraction of sp³-hybridized carbons (Fsp3) is 0. The Labute approximate surface area is 140 Å². The van der Waals surface area contributed by atoms with E-state index in [1.807, 2.05) is 18.2 Å². The van der Waals surface area contributed by atoms with Crippen LogP contribution in [0.1, 0.15) is 5.76 Å². The molecule has 118 valence electrons. The SMILES string of the molecule is O=c1oc2ccccc2cc1-c1csc(NN=Cc2ccco2)n1. The number of hydrazone groups is 1. The van der Waals surface area contributed by atoms with Gasteiger partial charge in [0.05, 0.1) is 23.7 Å². The Balaban J connectivity index is 1.60. The number of rotatable bonds is 4. The zero-order chi connectivity index (χ0) is 16.4. The summed E-state index contributed by atoms with van der Waals surface area (Å²) in [7, 11) is 0. The predicted molar refractivity (Wildman–Crippen MR) is 93.5 cm³/mol. The molecule has 0 amide bonds. The Bertz CT molecular complexity index is 1060. The van der Waals surface area contributed by atoms with Gasteiger partial charge in [-0.15, -0.1) is 11.3 Å². The smallest absolute Gasteiger partial charge is 0.345 e. The normalized spacial score (nSPS) is 11.3. The summed E-state index contributed by atoms with van der Waals surface area (Å²) in [6.07, 6.45) is 3.12. The summed E-state index contributed by atoms with van der Waals surface area (Å²) in [4.78, 5) is 16.5. The number of benzene rings is 1. The summed E-state index contributed by atoms with van der Waals surface area (Å²) in [6, 6.07) is 12.7. The van der Waals surface area contributed by atoms with Crippen LogP contribution in [0.3, 0.4) is 0 Å². The molecule has 0 aliphatic heterocycles. The maximum absolute atomic E-state index is 12.1. The van der Waals surface area contributed by atoms with Crippen molar-refractivity contribution < 1.29 is 8.83 Å². The van der Waals surface area contributed by atoms with Gasteiger partial charge in [-0.25, -0.2) is 9.78 Å². The number of hydrogen-bond acceptors (Lipinski definition) is 7.